The fourth-order valence-corrected chi connectivity index (χ4v) is 1.33. The molecular weight excluding hydrogens is 240 g/mol. The van der Waals surface area contributed by atoms with Crippen molar-refractivity contribution in [2.75, 3.05) is 0 Å². The van der Waals surface area contributed by atoms with Crippen molar-refractivity contribution >= 4 is 0 Å². The molecule has 96 valence electrons. The molecule has 2 nitrogen and oxygen atoms in total. The summed E-state index contributed by atoms with van der Waals surface area (Å²) in [4.78, 5) is 0. The van der Waals surface area contributed by atoms with Crippen molar-refractivity contribution in [2.24, 2.45) is 0 Å². The Kier molecular flexibility index (Phi) is 3.98. The molecule has 0 radical (unpaired) electrons. The van der Waals surface area contributed by atoms with Crippen LogP contribution in [-0.2, 0) is 0 Å². The summed E-state index contributed by atoms with van der Waals surface area (Å²) in [6.07, 6.45) is -2.30. The lowest BCUT2D eigenvalue weighted by Crippen LogP contribution is -2.14. The van der Waals surface area contributed by atoms with Gasteiger partial charge in [-0.3, -0.25) is 0 Å². The molecule has 1 aromatic rings. The van der Waals surface area contributed by atoms with Crippen LogP contribution in [0.5, 0.6) is 5.75 Å². The zero-order valence-electron chi connectivity index (χ0n) is 9.52. The Morgan fingerprint density at radius 2 is 1.29 bits per heavy atom. The van der Waals surface area contributed by atoms with E-state index in [2.05, 4.69) is 4.74 Å². The Bertz CT molecular complexity index is 401. The molecule has 0 heterocycles. The van der Waals surface area contributed by atoms with Crippen molar-refractivity contribution < 1.29 is 27.4 Å². The summed E-state index contributed by atoms with van der Waals surface area (Å²) in [7, 11) is 0. The fourth-order valence-electron chi connectivity index (χ4n) is 1.33. The summed E-state index contributed by atoms with van der Waals surface area (Å²) in [6.45, 7) is 3.91. The maximum Gasteiger partial charge on any atom is 0.204 e. The Hall–Kier alpha value is -1.30. The van der Waals surface area contributed by atoms with Gasteiger partial charge in [-0.25, -0.2) is 8.78 Å². The maximum atomic E-state index is 13.4. The SMILES string of the molecule is CC(C)Oc1c(F)c(F)c(C(C)O)c(F)c1F. The van der Waals surface area contributed by atoms with E-state index < -0.39 is 46.8 Å². The smallest absolute Gasteiger partial charge is 0.204 e. The van der Waals surface area contributed by atoms with Gasteiger partial charge in [-0.05, 0) is 20.8 Å². The van der Waals surface area contributed by atoms with Gasteiger partial charge >= 0.3 is 0 Å². The average Bonchev–Trinajstić information content (AvgIpc) is 2.21. The third-order valence-corrected chi connectivity index (χ3v) is 2.03. The lowest BCUT2D eigenvalue weighted by atomic mass is 10.1. The number of hydrogen-bond donors (Lipinski definition) is 1. The Balaban J connectivity index is 3.47. The largest absolute Gasteiger partial charge is 0.485 e. The second-order valence-corrected chi connectivity index (χ2v) is 3.84. The van der Waals surface area contributed by atoms with E-state index in [1.54, 1.807) is 0 Å². The third kappa shape index (κ3) is 2.52. The van der Waals surface area contributed by atoms with Crippen LogP contribution in [0.1, 0.15) is 32.4 Å². The van der Waals surface area contributed by atoms with E-state index in [0.717, 1.165) is 6.92 Å². The Labute approximate surface area is 95.8 Å². The molecule has 1 aromatic carbocycles. The van der Waals surface area contributed by atoms with Crippen LogP contribution in [0.2, 0.25) is 0 Å². The van der Waals surface area contributed by atoms with E-state index in [1.165, 1.54) is 13.8 Å². The van der Waals surface area contributed by atoms with Gasteiger partial charge in [0, 0.05) is 0 Å². The van der Waals surface area contributed by atoms with Crippen LogP contribution in [0.4, 0.5) is 17.6 Å². The van der Waals surface area contributed by atoms with Crippen LogP contribution in [0.15, 0.2) is 0 Å². The van der Waals surface area contributed by atoms with Crippen molar-refractivity contribution in [1.29, 1.82) is 0 Å². The van der Waals surface area contributed by atoms with Crippen LogP contribution in [0.25, 0.3) is 0 Å². The highest BCUT2D eigenvalue weighted by atomic mass is 19.2. The first-order chi connectivity index (χ1) is 7.77. The van der Waals surface area contributed by atoms with Crippen LogP contribution in [0, 0.1) is 23.3 Å². The molecular formula is C11H12F4O2. The lowest BCUT2D eigenvalue weighted by molar-refractivity contribution is 0.177. The summed E-state index contributed by atoms with van der Waals surface area (Å²) in [5.74, 6) is -7.69. The zero-order chi connectivity index (χ0) is 13.3. The number of ether oxygens (including phenoxy) is 1. The standard InChI is InChI=1S/C11H12F4O2/c1-4(2)17-11-9(14)7(12)6(5(3)16)8(13)10(11)15/h4-5,16H,1-3H3. The van der Waals surface area contributed by atoms with Crippen molar-refractivity contribution in [3.05, 3.63) is 28.8 Å². The summed E-state index contributed by atoms with van der Waals surface area (Å²) < 4.78 is 58.2. The Morgan fingerprint density at radius 3 is 1.59 bits per heavy atom. The van der Waals surface area contributed by atoms with E-state index in [0.29, 0.717) is 0 Å². The molecule has 0 aromatic heterocycles. The molecule has 0 aliphatic carbocycles. The van der Waals surface area contributed by atoms with E-state index >= 15 is 0 Å². The van der Waals surface area contributed by atoms with Gasteiger partial charge in [0.25, 0.3) is 0 Å². The molecule has 0 saturated heterocycles. The molecule has 0 fully saturated rings. The molecule has 0 bridgehead atoms. The molecule has 17 heavy (non-hydrogen) atoms. The Morgan fingerprint density at radius 1 is 0.882 bits per heavy atom. The van der Waals surface area contributed by atoms with Crippen LogP contribution < -0.4 is 4.74 Å². The summed E-state index contributed by atoms with van der Waals surface area (Å²) in [5, 5.41) is 9.05. The van der Waals surface area contributed by atoms with E-state index in [4.69, 9.17) is 5.11 Å². The predicted octanol–water partition coefficient (Wildman–Crippen LogP) is 3.08. The minimum atomic E-state index is -1.66. The quantitative estimate of drug-likeness (QED) is 0.661. The zero-order valence-corrected chi connectivity index (χ0v) is 9.52. The van der Waals surface area contributed by atoms with Crippen molar-refractivity contribution in [1.82, 2.24) is 0 Å². The number of hydrogen-bond acceptors (Lipinski definition) is 2. The highest BCUT2D eigenvalue weighted by molar-refractivity contribution is 5.35. The monoisotopic (exact) mass is 252 g/mol. The lowest BCUT2D eigenvalue weighted by Gasteiger charge is -2.15. The van der Waals surface area contributed by atoms with E-state index in [1.807, 2.05) is 0 Å². The summed E-state index contributed by atoms with van der Waals surface area (Å²) in [5.41, 5.74) is -1.05. The predicted molar refractivity (Wildman–Crippen MR) is 52.7 cm³/mol. The van der Waals surface area contributed by atoms with Gasteiger partial charge in [-0.15, -0.1) is 0 Å². The van der Waals surface area contributed by atoms with Crippen LogP contribution >= 0.6 is 0 Å². The highest BCUT2D eigenvalue weighted by Gasteiger charge is 2.29. The average molecular weight is 252 g/mol. The van der Waals surface area contributed by atoms with Gasteiger partial charge in [0.1, 0.15) is 0 Å². The second kappa shape index (κ2) is 4.91. The van der Waals surface area contributed by atoms with Gasteiger partial charge in [0.15, 0.2) is 17.4 Å². The van der Waals surface area contributed by atoms with Crippen molar-refractivity contribution in [3.63, 3.8) is 0 Å². The first-order valence-electron chi connectivity index (χ1n) is 4.97. The minimum absolute atomic E-state index is 0.643. The molecule has 1 unspecified atom stereocenters. The first-order valence-corrected chi connectivity index (χ1v) is 4.97. The number of rotatable bonds is 3. The molecule has 0 aliphatic heterocycles. The van der Waals surface area contributed by atoms with Gasteiger partial charge in [-0.1, -0.05) is 0 Å². The number of aliphatic hydroxyl groups excluding tert-OH is 1. The molecule has 0 saturated carbocycles. The van der Waals surface area contributed by atoms with Gasteiger partial charge in [0.05, 0.1) is 17.8 Å². The molecule has 1 rings (SSSR count). The topological polar surface area (TPSA) is 29.5 Å². The minimum Gasteiger partial charge on any atom is -0.485 e. The summed E-state index contributed by atoms with van der Waals surface area (Å²) in [6, 6.07) is 0. The second-order valence-electron chi connectivity index (χ2n) is 3.84. The summed E-state index contributed by atoms with van der Waals surface area (Å²) >= 11 is 0. The van der Waals surface area contributed by atoms with Gasteiger partial charge in [-0.2, -0.15) is 8.78 Å². The molecule has 0 spiro atoms. The number of benzene rings is 1. The molecule has 1 N–H and O–H groups in total. The maximum absolute atomic E-state index is 13.4. The normalized spacial score (nSPS) is 13.0. The van der Waals surface area contributed by atoms with Crippen LogP contribution in [-0.4, -0.2) is 11.2 Å². The van der Waals surface area contributed by atoms with E-state index in [-0.39, 0.29) is 0 Å². The molecule has 6 heteroatoms. The van der Waals surface area contributed by atoms with Gasteiger partial charge in [0.2, 0.25) is 11.6 Å². The molecule has 0 aliphatic rings. The van der Waals surface area contributed by atoms with E-state index in [9.17, 15) is 17.6 Å². The van der Waals surface area contributed by atoms with Gasteiger partial charge < -0.3 is 9.84 Å². The number of aliphatic hydroxyl groups is 1. The molecule has 1 atom stereocenters. The highest BCUT2D eigenvalue weighted by Crippen LogP contribution is 2.33. The third-order valence-electron chi connectivity index (χ3n) is 2.03. The fraction of sp³-hybridized carbons (Fsp3) is 0.455. The molecule has 0 amide bonds. The van der Waals surface area contributed by atoms with Crippen molar-refractivity contribution in [3.8, 4) is 5.75 Å². The van der Waals surface area contributed by atoms with Crippen molar-refractivity contribution in [2.45, 2.75) is 33.0 Å². The van der Waals surface area contributed by atoms with Crippen LogP contribution in [0.3, 0.4) is 0 Å². The number of halogens is 4. The first kappa shape index (κ1) is 13.8.